The highest BCUT2D eigenvalue weighted by Gasteiger charge is 2.28. The fourth-order valence-electron chi connectivity index (χ4n) is 2.62. The summed E-state index contributed by atoms with van der Waals surface area (Å²) in [6.07, 6.45) is 7.00. The van der Waals surface area contributed by atoms with Gasteiger partial charge in [-0.15, -0.1) is 0 Å². The molecule has 2 rings (SSSR count). The molecule has 7 heteroatoms. The topological polar surface area (TPSA) is 85.1 Å². The maximum Gasteiger partial charge on any atom is 0.242 e. The Labute approximate surface area is 131 Å². The van der Waals surface area contributed by atoms with Gasteiger partial charge in [0.15, 0.2) is 0 Å². The number of nitrogens with zero attached hydrogens (tertiary/aromatic N) is 1. The minimum atomic E-state index is -3.54. The van der Waals surface area contributed by atoms with Gasteiger partial charge in [-0.25, -0.2) is 13.1 Å². The van der Waals surface area contributed by atoms with Crippen LogP contribution in [0.15, 0.2) is 23.2 Å². The summed E-state index contributed by atoms with van der Waals surface area (Å²) in [5.74, 6) is 0. The summed E-state index contributed by atoms with van der Waals surface area (Å²) >= 11 is 4.80. The summed E-state index contributed by atoms with van der Waals surface area (Å²) in [4.78, 5) is 4.27. The lowest BCUT2D eigenvalue weighted by atomic mass is 9.76. The van der Waals surface area contributed by atoms with Crippen LogP contribution >= 0.6 is 12.2 Å². The highest BCUT2D eigenvalue weighted by atomic mass is 32.2. The minimum absolute atomic E-state index is 0.0531. The zero-order valence-electron chi connectivity index (χ0n) is 12.1. The SMILES string of the molecule is CC1(CNS(=O)(=O)c2ccc(C(N)=S)nc2)CCCCC1. The average molecular weight is 327 g/mol. The molecule has 1 aromatic heterocycles. The molecule has 1 aliphatic carbocycles. The van der Waals surface area contributed by atoms with Gasteiger partial charge in [-0.3, -0.25) is 4.98 Å². The molecule has 116 valence electrons. The van der Waals surface area contributed by atoms with Crippen molar-refractivity contribution in [2.75, 3.05) is 6.54 Å². The second kappa shape index (κ2) is 6.37. The molecular formula is C14H21N3O2S2. The molecule has 5 nitrogen and oxygen atoms in total. The van der Waals surface area contributed by atoms with Gasteiger partial charge in [-0.1, -0.05) is 38.4 Å². The molecule has 1 heterocycles. The summed E-state index contributed by atoms with van der Waals surface area (Å²) < 4.78 is 27.3. The van der Waals surface area contributed by atoms with Crippen LogP contribution in [0, 0.1) is 5.41 Å². The Balaban J connectivity index is 2.05. The second-order valence-corrected chi connectivity index (χ2v) is 8.15. The van der Waals surface area contributed by atoms with Crippen LogP contribution in [0.3, 0.4) is 0 Å². The molecule has 0 aromatic carbocycles. The summed E-state index contributed by atoms with van der Waals surface area (Å²) in [5.41, 5.74) is 5.92. The van der Waals surface area contributed by atoms with Gasteiger partial charge in [0, 0.05) is 12.7 Å². The monoisotopic (exact) mass is 327 g/mol. The zero-order valence-corrected chi connectivity index (χ0v) is 13.8. The molecule has 3 N–H and O–H groups in total. The Morgan fingerprint density at radius 3 is 2.57 bits per heavy atom. The highest BCUT2D eigenvalue weighted by molar-refractivity contribution is 7.89. The third kappa shape index (κ3) is 4.21. The van der Waals surface area contributed by atoms with Gasteiger partial charge in [-0.2, -0.15) is 0 Å². The van der Waals surface area contributed by atoms with Crippen molar-refractivity contribution in [3.05, 3.63) is 24.0 Å². The van der Waals surface area contributed by atoms with E-state index in [4.69, 9.17) is 18.0 Å². The summed E-state index contributed by atoms with van der Waals surface area (Å²) in [6, 6.07) is 3.01. The van der Waals surface area contributed by atoms with Gasteiger partial charge in [0.25, 0.3) is 0 Å². The van der Waals surface area contributed by atoms with E-state index < -0.39 is 10.0 Å². The van der Waals surface area contributed by atoms with E-state index in [2.05, 4.69) is 16.6 Å². The number of hydrogen-bond donors (Lipinski definition) is 2. The quantitative estimate of drug-likeness (QED) is 0.808. The van der Waals surface area contributed by atoms with Gasteiger partial charge in [0.05, 0.1) is 5.69 Å². The first-order valence-electron chi connectivity index (χ1n) is 7.08. The number of thiocarbonyl (C=S) groups is 1. The summed E-state index contributed by atoms with van der Waals surface area (Å²) in [6.45, 7) is 2.61. The van der Waals surface area contributed by atoms with Crippen molar-refractivity contribution in [1.29, 1.82) is 0 Å². The first-order valence-corrected chi connectivity index (χ1v) is 8.97. The number of nitrogens with two attached hydrogens (primary N) is 1. The Kier molecular flexibility index (Phi) is 4.95. The predicted molar refractivity (Wildman–Crippen MR) is 86.5 cm³/mol. The standard InChI is InChI=1S/C14H21N3O2S2/c1-14(7-3-2-4-8-14)10-17-21(18,19)11-5-6-12(13(15)20)16-9-11/h5-6,9,17H,2-4,7-8,10H2,1H3,(H2,15,20). The lowest BCUT2D eigenvalue weighted by Gasteiger charge is -2.33. The van der Waals surface area contributed by atoms with E-state index in [1.165, 1.54) is 37.6 Å². The number of aromatic nitrogens is 1. The third-order valence-corrected chi connectivity index (χ3v) is 5.64. The van der Waals surface area contributed by atoms with Crippen molar-refractivity contribution in [3.8, 4) is 0 Å². The van der Waals surface area contributed by atoms with Crippen molar-refractivity contribution >= 4 is 27.2 Å². The van der Waals surface area contributed by atoms with Gasteiger partial charge in [0.2, 0.25) is 10.0 Å². The van der Waals surface area contributed by atoms with Crippen molar-refractivity contribution in [2.24, 2.45) is 11.1 Å². The second-order valence-electron chi connectivity index (χ2n) is 5.94. The Morgan fingerprint density at radius 2 is 2.05 bits per heavy atom. The molecule has 0 unspecified atom stereocenters. The Hall–Kier alpha value is -1.05. The molecule has 1 aromatic rings. The van der Waals surface area contributed by atoms with Crippen LogP contribution < -0.4 is 10.5 Å². The van der Waals surface area contributed by atoms with Crippen LogP contribution in [-0.4, -0.2) is 24.9 Å². The van der Waals surface area contributed by atoms with E-state index in [1.54, 1.807) is 0 Å². The van der Waals surface area contributed by atoms with Gasteiger partial charge in [-0.05, 0) is 30.4 Å². The lowest BCUT2D eigenvalue weighted by Crippen LogP contribution is -2.37. The number of pyridine rings is 1. The van der Waals surface area contributed by atoms with E-state index in [9.17, 15) is 8.42 Å². The van der Waals surface area contributed by atoms with Crippen LogP contribution in [-0.2, 0) is 10.0 Å². The Bertz CT molecular complexity index is 606. The zero-order chi connectivity index (χ0) is 15.5. The lowest BCUT2D eigenvalue weighted by molar-refractivity contribution is 0.219. The smallest absolute Gasteiger partial charge is 0.242 e. The van der Waals surface area contributed by atoms with Crippen molar-refractivity contribution in [1.82, 2.24) is 9.71 Å². The number of hydrogen-bond acceptors (Lipinski definition) is 4. The summed E-state index contributed by atoms with van der Waals surface area (Å²) in [7, 11) is -3.54. The maximum atomic E-state index is 12.3. The molecule has 0 radical (unpaired) electrons. The molecular weight excluding hydrogens is 306 g/mol. The van der Waals surface area contributed by atoms with E-state index >= 15 is 0 Å². The molecule has 0 bridgehead atoms. The largest absolute Gasteiger partial charge is 0.388 e. The van der Waals surface area contributed by atoms with Crippen molar-refractivity contribution in [2.45, 2.75) is 43.9 Å². The van der Waals surface area contributed by atoms with Crippen molar-refractivity contribution in [3.63, 3.8) is 0 Å². The molecule has 1 saturated carbocycles. The number of nitrogens with one attached hydrogen (secondary N) is 1. The first-order chi connectivity index (χ1) is 9.82. The maximum absolute atomic E-state index is 12.3. The number of rotatable bonds is 5. The fourth-order valence-corrected chi connectivity index (χ4v) is 3.88. The number of sulfonamides is 1. The van der Waals surface area contributed by atoms with Gasteiger partial charge >= 0.3 is 0 Å². The molecule has 0 amide bonds. The fraction of sp³-hybridized carbons (Fsp3) is 0.571. The highest BCUT2D eigenvalue weighted by Crippen LogP contribution is 2.35. The van der Waals surface area contributed by atoms with E-state index in [0.29, 0.717) is 12.2 Å². The predicted octanol–water partition coefficient (Wildman–Crippen LogP) is 1.96. The average Bonchev–Trinajstić information content (AvgIpc) is 2.46. The molecule has 1 fully saturated rings. The molecule has 0 saturated heterocycles. The summed E-state index contributed by atoms with van der Waals surface area (Å²) in [5, 5.41) is 0. The minimum Gasteiger partial charge on any atom is -0.388 e. The van der Waals surface area contributed by atoms with E-state index in [0.717, 1.165) is 12.8 Å². The van der Waals surface area contributed by atoms with E-state index in [1.807, 2.05) is 0 Å². The van der Waals surface area contributed by atoms with Gasteiger partial charge < -0.3 is 5.73 Å². The van der Waals surface area contributed by atoms with Crippen molar-refractivity contribution < 1.29 is 8.42 Å². The van der Waals surface area contributed by atoms with Crippen LogP contribution in [0.2, 0.25) is 0 Å². The van der Waals surface area contributed by atoms with Crippen LogP contribution in [0.1, 0.15) is 44.7 Å². The molecule has 1 aliphatic rings. The third-order valence-electron chi connectivity index (χ3n) is 4.05. The van der Waals surface area contributed by atoms with Crippen LogP contribution in [0.25, 0.3) is 0 Å². The van der Waals surface area contributed by atoms with Crippen LogP contribution in [0.4, 0.5) is 0 Å². The van der Waals surface area contributed by atoms with Gasteiger partial charge in [0.1, 0.15) is 9.88 Å². The van der Waals surface area contributed by atoms with E-state index in [-0.39, 0.29) is 15.3 Å². The normalized spacial score (nSPS) is 18.3. The molecule has 21 heavy (non-hydrogen) atoms. The molecule has 0 spiro atoms. The molecule has 0 atom stereocenters. The Morgan fingerprint density at radius 1 is 1.38 bits per heavy atom. The van der Waals surface area contributed by atoms with Crippen LogP contribution in [0.5, 0.6) is 0 Å². The molecule has 0 aliphatic heterocycles. The first kappa shape index (κ1) is 16.3.